The number of carboxylic acid groups (broad SMARTS) is 2. The molecule has 0 saturated heterocycles. The Labute approximate surface area is 577 Å². The second-order valence-corrected chi connectivity index (χ2v) is 26.3. The average Bonchev–Trinajstić information content (AvgIpc) is 0.934. The highest BCUT2D eigenvalue weighted by molar-refractivity contribution is 5.99. The summed E-state index contributed by atoms with van der Waals surface area (Å²) in [5, 5.41) is 48.2. The molecule has 0 aromatic carbocycles. The van der Waals surface area contributed by atoms with Gasteiger partial charge in [0.15, 0.2) is 6.04 Å². The topological polar surface area (TPSA) is 613 Å². The van der Waals surface area contributed by atoms with Gasteiger partial charge in [0.1, 0.15) is 66.7 Å². The molecule has 36 nitrogen and oxygen atoms in total. The molecule has 0 saturated carbocycles. The van der Waals surface area contributed by atoms with E-state index in [1.165, 1.54) is 25.0 Å². The van der Waals surface area contributed by atoms with E-state index in [4.69, 9.17) is 17.2 Å². The largest absolute Gasteiger partial charge is 0.481 e. The maximum atomic E-state index is 14.8. The number of H-pyrrole nitrogens is 2. The van der Waals surface area contributed by atoms with Gasteiger partial charge in [0.05, 0.1) is 32.2 Å². The molecule has 0 fully saturated rings. The monoisotopic (exact) mass is 1400 g/mol. The quantitative estimate of drug-likeness (QED) is 0.0216. The molecule has 0 bridgehead atoms. The van der Waals surface area contributed by atoms with Gasteiger partial charge >= 0.3 is 11.9 Å². The number of carboxylic acids is 2. The van der Waals surface area contributed by atoms with E-state index < -0.39 is 175 Å². The molecule has 0 aliphatic rings. The third-order valence-electron chi connectivity index (χ3n) is 16.1. The van der Waals surface area contributed by atoms with E-state index in [0.29, 0.717) is 56.6 Å². The zero-order chi connectivity index (χ0) is 74.5. The number of hydrogen-bond donors (Lipinski definition) is 21. The third kappa shape index (κ3) is 34.1. The van der Waals surface area contributed by atoms with Gasteiger partial charge in [-0.1, -0.05) is 61.8 Å². The van der Waals surface area contributed by atoms with Gasteiger partial charge in [-0.15, -0.1) is 0 Å². The molecule has 0 unspecified atom stereocenters. The summed E-state index contributed by atoms with van der Waals surface area (Å²) in [6.07, 6.45) is 6.11. The van der Waals surface area contributed by atoms with E-state index in [1.807, 2.05) is 0 Å². The minimum absolute atomic E-state index is 0.00171. The molecule has 30 N–H and O–H groups in total. The fourth-order valence-electron chi connectivity index (χ4n) is 10.4. The van der Waals surface area contributed by atoms with Crippen molar-refractivity contribution in [1.82, 2.24) is 78.4 Å². The summed E-state index contributed by atoms with van der Waals surface area (Å²) in [7, 11) is 0. The highest BCUT2D eigenvalue weighted by Crippen LogP contribution is 2.16. The first-order chi connectivity index (χ1) is 46.7. The highest BCUT2D eigenvalue weighted by Gasteiger charge is 2.38. The molecule has 558 valence electrons. The maximum absolute atomic E-state index is 14.8. The summed E-state index contributed by atoms with van der Waals surface area (Å²) >= 11 is 0. The normalized spacial score (nSPS) is 15.1. The van der Waals surface area contributed by atoms with Crippen LogP contribution in [-0.2, 0) is 75.2 Å². The number of quaternary nitrogens is 3. The number of amides is 11. The molecule has 11 amide bonds. The number of nitrogens with one attached hydrogen (secondary N) is 13. The number of carbonyl (C=O) groups excluding carboxylic acids is 11. The molecule has 2 aromatic rings. The Bertz CT molecular complexity index is 2880. The minimum Gasteiger partial charge on any atom is -0.481 e. The summed E-state index contributed by atoms with van der Waals surface area (Å²) in [6.45, 7) is 15.5. The lowest BCUT2D eigenvalue weighted by molar-refractivity contribution is -0.406. The van der Waals surface area contributed by atoms with E-state index in [1.54, 1.807) is 55.4 Å². The first kappa shape index (κ1) is 86.4. The van der Waals surface area contributed by atoms with Gasteiger partial charge in [-0.2, -0.15) is 0 Å². The third-order valence-corrected chi connectivity index (χ3v) is 16.1. The van der Waals surface area contributed by atoms with Crippen molar-refractivity contribution in [1.29, 1.82) is 0 Å². The molecular formula is C63H114N21O15+3. The summed E-state index contributed by atoms with van der Waals surface area (Å²) < 4.78 is 0. The van der Waals surface area contributed by atoms with Crippen LogP contribution in [0.2, 0.25) is 0 Å². The van der Waals surface area contributed by atoms with Crippen LogP contribution in [0.15, 0.2) is 25.0 Å². The Kier molecular flexibility index (Phi) is 40.0. The van der Waals surface area contributed by atoms with E-state index in [9.17, 15) is 72.5 Å². The summed E-state index contributed by atoms with van der Waals surface area (Å²) in [4.78, 5) is 192. The average molecular weight is 1410 g/mol. The molecule has 36 heteroatoms. The second kappa shape index (κ2) is 45.8. The van der Waals surface area contributed by atoms with Crippen molar-refractivity contribution in [2.24, 2.45) is 40.9 Å². The predicted molar refractivity (Wildman–Crippen MR) is 359 cm³/mol. The lowest BCUT2D eigenvalue weighted by atomic mass is 9.96. The van der Waals surface area contributed by atoms with E-state index >= 15 is 0 Å². The molecule has 2 rings (SSSR count). The van der Waals surface area contributed by atoms with Crippen molar-refractivity contribution in [2.45, 2.75) is 237 Å². The first-order valence-electron chi connectivity index (χ1n) is 34.1. The second-order valence-electron chi connectivity index (χ2n) is 26.3. The molecule has 12 atom stereocenters. The van der Waals surface area contributed by atoms with Crippen LogP contribution in [0.4, 0.5) is 0 Å². The van der Waals surface area contributed by atoms with Crippen molar-refractivity contribution in [3.05, 3.63) is 36.4 Å². The van der Waals surface area contributed by atoms with Crippen molar-refractivity contribution in [3.63, 3.8) is 0 Å². The smallest absolute Gasteiger partial charge is 0.326 e. The number of nitrogens with two attached hydrogens (primary N) is 3. The standard InChI is InChI=1S/C63H111N21O15/c1-9-36(8)51(84-55(91)40(16-11-13-21-65)75-59(95)46(26-37-29-70-31-73-37)78-52(88)39(66)15-10-12-20-64)61(97)82-45(25-35(6)7)58(94)81-47(27-38-30-71-32-74-38)60(96)76-41(17-14-22-72-63(68)69)53(89)79-44(24-34(4)5)57(93)80-43(23-33(2)3)56(92)77-42(18-19-49(67)85)54(90)83-48(62(98)99)28-50(86)87/h29-36,39-48,51,63,72H,9-28,64-66,68-69H2,1-8H3,(H2,67,85)(H,70,73)(H,71,74)(H,75,95)(H,76,96)(H,77,92)(H,78,88)(H,79,89)(H,80,93)(H,81,94)(H,82,97)(H,83,90)(H,84,91)(H,86,87)(H,98,99)/p+3/t36-,39-,40-,41-,42-,43-,44-,45-,46-,47-,48-,51-/m0/s1. The Morgan fingerprint density at radius 2 is 0.838 bits per heavy atom. The SMILES string of the molecule is CC[C@H](C)[C@H](NC(=O)[C@H](CCCC[NH3+])NC(=O)[C@H](Cc1cnc[nH]1)NC(=O)[C@@H]([NH3+])CCCC[NH3+])C(=O)N[C@@H](CC(C)C)C(=O)N[C@@H](Cc1cnc[nH]1)C(=O)N[C@@H](CCCNC(N)N)C(=O)N[C@@H](CC(C)C)C(=O)N[C@@H](CC(C)C)C(=O)N[C@@H](CCC(N)=O)C(=O)N[C@@H](CC(=O)O)C(=O)O. The van der Waals surface area contributed by atoms with Gasteiger partial charge in [0.25, 0.3) is 5.91 Å². The molecule has 0 spiro atoms. The van der Waals surface area contributed by atoms with Crippen molar-refractivity contribution in [3.8, 4) is 0 Å². The fourth-order valence-corrected chi connectivity index (χ4v) is 10.4. The van der Waals surface area contributed by atoms with Crippen LogP contribution >= 0.6 is 0 Å². The van der Waals surface area contributed by atoms with Gasteiger partial charge in [-0.3, -0.25) is 62.9 Å². The number of carbonyl (C=O) groups is 13. The van der Waals surface area contributed by atoms with Crippen LogP contribution in [0.3, 0.4) is 0 Å². The van der Waals surface area contributed by atoms with E-state index in [-0.39, 0.29) is 75.7 Å². The predicted octanol–water partition coefficient (Wildman–Crippen LogP) is -6.22. The highest BCUT2D eigenvalue weighted by atomic mass is 16.4. The van der Waals surface area contributed by atoms with Crippen LogP contribution in [0, 0.1) is 23.7 Å². The Morgan fingerprint density at radius 3 is 1.22 bits per heavy atom. The molecular weight excluding hydrogens is 1290 g/mol. The fraction of sp³-hybridized carbons (Fsp3) is 0.698. The van der Waals surface area contributed by atoms with Crippen LogP contribution in [-0.4, -0.2) is 199 Å². The summed E-state index contributed by atoms with van der Waals surface area (Å²) in [6, 6.07) is -14.9. The molecule has 0 aliphatic heterocycles. The van der Waals surface area contributed by atoms with E-state index in [0.717, 1.165) is 6.42 Å². The van der Waals surface area contributed by atoms with Gasteiger partial charge in [0, 0.05) is 49.5 Å². The number of aromatic amines is 2. The number of aliphatic carboxylic acids is 2. The zero-order valence-electron chi connectivity index (χ0n) is 58.6. The van der Waals surface area contributed by atoms with Crippen molar-refractivity contribution in [2.75, 3.05) is 19.6 Å². The first-order valence-corrected chi connectivity index (χ1v) is 34.1. The van der Waals surface area contributed by atoms with Crippen molar-refractivity contribution < 1.29 is 89.7 Å². The number of rotatable bonds is 51. The number of hydrogen-bond acceptors (Lipinski definition) is 18. The Morgan fingerprint density at radius 1 is 0.475 bits per heavy atom. The van der Waals surface area contributed by atoms with Gasteiger partial charge in [0.2, 0.25) is 59.1 Å². The van der Waals surface area contributed by atoms with Gasteiger partial charge in [-0.25, -0.2) is 14.8 Å². The summed E-state index contributed by atoms with van der Waals surface area (Å²) in [5.74, 6) is -13.7. The lowest BCUT2D eigenvalue weighted by Gasteiger charge is -2.30. The molecule has 0 radical (unpaired) electrons. The van der Waals surface area contributed by atoms with E-state index in [2.05, 4.69) is 95.6 Å². The number of nitrogens with zero attached hydrogens (tertiary/aromatic N) is 2. The van der Waals surface area contributed by atoms with Crippen LogP contribution in [0.1, 0.15) is 163 Å². The minimum atomic E-state index is -1.92. The number of primary amides is 1. The summed E-state index contributed by atoms with van der Waals surface area (Å²) in [5.41, 5.74) is 29.5. The molecule has 0 aliphatic carbocycles. The lowest BCUT2D eigenvalue weighted by Crippen LogP contribution is -2.69. The number of aromatic nitrogens is 4. The number of unbranched alkanes of at least 4 members (excludes halogenated alkanes) is 2. The Balaban J connectivity index is 2.57. The molecule has 99 heavy (non-hydrogen) atoms. The maximum Gasteiger partial charge on any atom is 0.326 e. The van der Waals surface area contributed by atoms with Crippen LogP contribution < -0.4 is 92.9 Å². The van der Waals surface area contributed by atoms with Crippen molar-refractivity contribution >= 4 is 76.9 Å². The van der Waals surface area contributed by atoms with Crippen LogP contribution in [0.25, 0.3) is 0 Å². The van der Waals surface area contributed by atoms with Gasteiger partial charge < -0.3 is 108 Å². The zero-order valence-corrected chi connectivity index (χ0v) is 58.6. The molecule has 2 heterocycles. The Hall–Kier alpha value is -8.71. The molecule has 2 aromatic heterocycles. The van der Waals surface area contributed by atoms with Gasteiger partial charge in [-0.05, 0) is 101 Å². The number of imidazole rings is 2. The van der Waals surface area contributed by atoms with Crippen LogP contribution in [0.5, 0.6) is 0 Å².